The number of aryl methyl sites for hydroxylation is 1. The van der Waals surface area contributed by atoms with Crippen LogP contribution in [0.1, 0.15) is 5.82 Å². The molecule has 2 aromatic carbocycles. The summed E-state index contributed by atoms with van der Waals surface area (Å²) < 4.78 is 29.0. The van der Waals surface area contributed by atoms with E-state index in [0.717, 1.165) is 17.1 Å². The number of nitrogens with zero attached hydrogens (tertiary/aromatic N) is 3. The quantitative estimate of drug-likeness (QED) is 0.561. The van der Waals surface area contributed by atoms with Crippen molar-refractivity contribution in [1.82, 2.24) is 14.3 Å². The fraction of sp³-hybridized carbons (Fsp3) is 0.133. The van der Waals surface area contributed by atoms with Gasteiger partial charge in [0.1, 0.15) is 5.82 Å². The van der Waals surface area contributed by atoms with Crippen molar-refractivity contribution < 1.29 is 13.3 Å². The molecule has 0 saturated heterocycles. The van der Waals surface area contributed by atoms with Gasteiger partial charge in [0.25, 0.3) is 5.69 Å². The minimum atomic E-state index is -4.03. The molecular formula is C15H14N4O4S. The maximum Gasteiger partial charge on any atom is 0.289 e. The Labute approximate surface area is 138 Å². The molecule has 9 heteroatoms. The number of hydrogen-bond acceptors (Lipinski definition) is 5. The largest absolute Gasteiger partial charge is 0.330 e. The van der Waals surface area contributed by atoms with Crippen molar-refractivity contribution in [3.63, 3.8) is 0 Å². The van der Waals surface area contributed by atoms with Crippen LogP contribution in [0, 0.1) is 10.1 Å². The van der Waals surface area contributed by atoms with Crippen LogP contribution in [0.15, 0.2) is 53.4 Å². The first-order chi connectivity index (χ1) is 11.4. The lowest BCUT2D eigenvalue weighted by atomic mass is 10.3. The number of nitrogens with one attached hydrogen (secondary N) is 1. The number of sulfonamides is 1. The van der Waals surface area contributed by atoms with Crippen LogP contribution in [0.5, 0.6) is 0 Å². The Morgan fingerprint density at radius 1 is 1.17 bits per heavy atom. The van der Waals surface area contributed by atoms with E-state index in [1.165, 1.54) is 18.2 Å². The minimum absolute atomic E-state index is 0.0699. The second kappa shape index (κ2) is 6.02. The van der Waals surface area contributed by atoms with Crippen molar-refractivity contribution in [2.75, 3.05) is 0 Å². The summed E-state index contributed by atoms with van der Waals surface area (Å²) >= 11 is 0. The SMILES string of the molecule is Cn1c(CNS(=O)(=O)c2ccccc2[N+](=O)[O-])nc2ccccc21. The molecule has 124 valence electrons. The Kier molecular flexibility index (Phi) is 4.04. The van der Waals surface area contributed by atoms with Crippen LogP contribution >= 0.6 is 0 Å². The van der Waals surface area contributed by atoms with Crippen LogP contribution in [-0.2, 0) is 23.6 Å². The smallest absolute Gasteiger partial charge is 0.289 e. The lowest BCUT2D eigenvalue weighted by Crippen LogP contribution is -2.25. The minimum Gasteiger partial charge on any atom is -0.330 e. The molecule has 0 saturated carbocycles. The van der Waals surface area contributed by atoms with Gasteiger partial charge >= 0.3 is 0 Å². The average Bonchev–Trinajstić information content (AvgIpc) is 2.90. The zero-order valence-corrected chi connectivity index (χ0v) is 13.5. The van der Waals surface area contributed by atoms with Gasteiger partial charge in [-0.1, -0.05) is 24.3 Å². The summed E-state index contributed by atoms with van der Waals surface area (Å²) in [5, 5.41) is 11.0. The summed E-state index contributed by atoms with van der Waals surface area (Å²) in [6.07, 6.45) is 0. The van der Waals surface area contributed by atoms with Crippen molar-refractivity contribution in [2.24, 2.45) is 7.05 Å². The molecule has 1 aromatic heterocycles. The molecule has 0 aliphatic heterocycles. The summed E-state index contributed by atoms with van der Waals surface area (Å²) in [7, 11) is -2.25. The maximum absolute atomic E-state index is 12.4. The Bertz CT molecular complexity index is 1030. The molecule has 0 radical (unpaired) electrons. The molecule has 0 aliphatic carbocycles. The van der Waals surface area contributed by atoms with Crippen molar-refractivity contribution in [1.29, 1.82) is 0 Å². The Morgan fingerprint density at radius 2 is 1.83 bits per heavy atom. The molecule has 3 aromatic rings. The number of hydrogen-bond donors (Lipinski definition) is 1. The third-order valence-electron chi connectivity index (χ3n) is 3.65. The molecule has 3 rings (SSSR count). The standard InChI is InChI=1S/C15H14N4O4S/c1-18-12-7-3-2-6-11(12)17-15(18)10-16-24(22,23)14-9-5-4-8-13(14)19(20)21/h2-9,16H,10H2,1H3. The van der Waals surface area contributed by atoms with Gasteiger partial charge < -0.3 is 4.57 Å². The fourth-order valence-corrected chi connectivity index (χ4v) is 3.58. The van der Waals surface area contributed by atoms with Crippen molar-refractivity contribution in [3.8, 4) is 0 Å². The third-order valence-corrected chi connectivity index (χ3v) is 5.10. The van der Waals surface area contributed by atoms with Gasteiger partial charge in [-0.25, -0.2) is 18.1 Å². The summed E-state index contributed by atoms with van der Waals surface area (Å²) in [6, 6.07) is 12.6. The lowest BCUT2D eigenvalue weighted by molar-refractivity contribution is -0.387. The van der Waals surface area contributed by atoms with Crippen LogP contribution in [0.4, 0.5) is 5.69 Å². The number of benzene rings is 2. The number of rotatable bonds is 5. The topological polar surface area (TPSA) is 107 Å². The lowest BCUT2D eigenvalue weighted by Gasteiger charge is -2.07. The number of nitro groups is 1. The predicted octanol–water partition coefficient (Wildman–Crippen LogP) is 1.96. The molecule has 0 fully saturated rings. The second-order valence-electron chi connectivity index (χ2n) is 5.13. The van der Waals surface area contributed by atoms with Gasteiger partial charge in [0.15, 0.2) is 4.90 Å². The number of fused-ring (bicyclic) bond motifs is 1. The van der Waals surface area contributed by atoms with Gasteiger partial charge in [-0.05, 0) is 18.2 Å². The molecule has 24 heavy (non-hydrogen) atoms. The molecule has 0 bridgehead atoms. The van der Waals surface area contributed by atoms with E-state index >= 15 is 0 Å². The zero-order valence-electron chi connectivity index (χ0n) is 12.7. The molecule has 1 N–H and O–H groups in total. The maximum atomic E-state index is 12.4. The van der Waals surface area contributed by atoms with Crippen LogP contribution in [0.2, 0.25) is 0 Å². The van der Waals surface area contributed by atoms with Crippen LogP contribution in [0.3, 0.4) is 0 Å². The van der Waals surface area contributed by atoms with E-state index in [9.17, 15) is 18.5 Å². The summed E-state index contributed by atoms with van der Waals surface area (Å²) in [5.74, 6) is 0.512. The van der Waals surface area contributed by atoms with E-state index in [4.69, 9.17) is 0 Å². The van der Waals surface area contributed by atoms with Gasteiger partial charge in [-0.15, -0.1) is 0 Å². The van der Waals surface area contributed by atoms with Gasteiger partial charge in [0, 0.05) is 13.1 Å². The number of imidazole rings is 1. The second-order valence-corrected chi connectivity index (χ2v) is 6.86. The molecule has 0 atom stereocenters. The summed E-state index contributed by atoms with van der Waals surface area (Å²) in [4.78, 5) is 14.3. The Hall–Kier alpha value is -2.78. The molecule has 0 unspecified atom stereocenters. The van der Waals surface area contributed by atoms with E-state index in [1.54, 1.807) is 11.6 Å². The summed E-state index contributed by atoms with van der Waals surface area (Å²) in [6.45, 7) is -0.0699. The highest BCUT2D eigenvalue weighted by Gasteiger charge is 2.25. The Morgan fingerprint density at radius 3 is 2.54 bits per heavy atom. The van der Waals surface area contributed by atoms with Gasteiger partial charge in [-0.3, -0.25) is 10.1 Å². The van der Waals surface area contributed by atoms with E-state index in [1.807, 2.05) is 24.3 Å². The van der Waals surface area contributed by atoms with Gasteiger partial charge in [0.2, 0.25) is 10.0 Å². The normalized spacial score (nSPS) is 11.7. The van der Waals surface area contributed by atoms with E-state index in [2.05, 4.69) is 9.71 Å². The molecule has 0 amide bonds. The Balaban J connectivity index is 1.90. The highest BCUT2D eigenvalue weighted by atomic mass is 32.2. The van der Waals surface area contributed by atoms with Gasteiger partial charge in [-0.2, -0.15) is 0 Å². The van der Waals surface area contributed by atoms with Crippen LogP contribution in [-0.4, -0.2) is 22.9 Å². The number of aromatic nitrogens is 2. The molecule has 1 heterocycles. The van der Waals surface area contributed by atoms with E-state index in [0.29, 0.717) is 5.82 Å². The van der Waals surface area contributed by atoms with Crippen molar-refractivity contribution in [3.05, 3.63) is 64.5 Å². The first-order valence-electron chi connectivity index (χ1n) is 7.03. The van der Waals surface area contributed by atoms with E-state index in [-0.39, 0.29) is 11.4 Å². The molecule has 8 nitrogen and oxygen atoms in total. The van der Waals surface area contributed by atoms with Crippen LogP contribution in [0.25, 0.3) is 11.0 Å². The first-order valence-corrected chi connectivity index (χ1v) is 8.52. The van der Waals surface area contributed by atoms with Crippen LogP contribution < -0.4 is 4.72 Å². The van der Waals surface area contributed by atoms with Crippen molar-refractivity contribution >= 4 is 26.7 Å². The van der Waals surface area contributed by atoms with E-state index < -0.39 is 20.6 Å². The monoisotopic (exact) mass is 346 g/mol. The number of para-hydroxylation sites is 3. The molecular weight excluding hydrogens is 332 g/mol. The molecule has 0 spiro atoms. The average molecular weight is 346 g/mol. The fourth-order valence-electron chi connectivity index (χ4n) is 2.43. The summed E-state index contributed by atoms with van der Waals surface area (Å²) in [5.41, 5.74) is 1.16. The highest BCUT2D eigenvalue weighted by molar-refractivity contribution is 7.89. The van der Waals surface area contributed by atoms with Gasteiger partial charge in [0.05, 0.1) is 22.5 Å². The molecule has 0 aliphatic rings. The highest BCUT2D eigenvalue weighted by Crippen LogP contribution is 2.23. The zero-order chi connectivity index (χ0) is 17.3. The number of nitro benzene ring substituents is 1. The predicted molar refractivity (Wildman–Crippen MR) is 87.8 cm³/mol. The first kappa shape index (κ1) is 16.1. The third kappa shape index (κ3) is 2.86. The van der Waals surface area contributed by atoms with Crippen molar-refractivity contribution in [2.45, 2.75) is 11.4 Å².